The lowest BCUT2D eigenvalue weighted by Crippen LogP contribution is -2.30. The number of para-hydroxylation sites is 1. The fraction of sp³-hybridized carbons (Fsp3) is 0.167. The summed E-state index contributed by atoms with van der Waals surface area (Å²) in [7, 11) is 0. The van der Waals surface area contributed by atoms with E-state index in [1.807, 2.05) is 6.07 Å². The van der Waals surface area contributed by atoms with E-state index >= 15 is 0 Å². The van der Waals surface area contributed by atoms with Crippen LogP contribution in [-0.2, 0) is 9.59 Å². The van der Waals surface area contributed by atoms with Crippen molar-refractivity contribution in [1.82, 2.24) is 4.98 Å². The molecule has 0 aliphatic carbocycles. The zero-order valence-electron chi connectivity index (χ0n) is 14.1. The first-order valence-corrected chi connectivity index (χ1v) is 9.02. The van der Waals surface area contributed by atoms with Crippen LogP contribution >= 0.6 is 22.9 Å². The number of amides is 2. The van der Waals surface area contributed by atoms with E-state index in [2.05, 4.69) is 15.6 Å². The Hall–Kier alpha value is -2.64. The second-order valence-corrected chi connectivity index (χ2v) is 7.00. The van der Waals surface area contributed by atoms with E-state index in [0.717, 1.165) is 10.2 Å². The summed E-state index contributed by atoms with van der Waals surface area (Å²) in [6.45, 7) is 3.09. The molecule has 1 heterocycles. The highest BCUT2D eigenvalue weighted by molar-refractivity contribution is 7.22. The van der Waals surface area contributed by atoms with Crippen molar-refractivity contribution in [2.24, 2.45) is 0 Å². The van der Waals surface area contributed by atoms with Crippen LogP contribution in [-0.4, -0.2) is 22.9 Å². The molecule has 2 amide bonds. The van der Waals surface area contributed by atoms with Gasteiger partial charge in [-0.3, -0.25) is 14.9 Å². The van der Waals surface area contributed by atoms with Gasteiger partial charge in [-0.1, -0.05) is 35.1 Å². The lowest BCUT2D eigenvalue weighted by Gasteiger charge is -2.14. The third-order valence-electron chi connectivity index (χ3n) is 3.45. The Balaban J connectivity index is 1.70. The van der Waals surface area contributed by atoms with Crippen LogP contribution in [0.15, 0.2) is 42.5 Å². The molecule has 0 unspecified atom stereocenters. The van der Waals surface area contributed by atoms with E-state index < -0.39 is 6.10 Å². The van der Waals surface area contributed by atoms with E-state index in [1.165, 1.54) is 18.3 Å². The molecule has 3 aromatic rings. The second-order valence-electron chi connectivity index (χ2n) is 5.56. The number of rotatable bonds is 5. The molecule has 0 saturated heterocycles. The highest BCUT2D eigenvalue weighted by Gasteiger charge is 2.18. The van der Waals surface area contributed by atoms with Gasteiger partial charge in [0.1, 0.15) is 5.75 Å². The topological polar surface area (TPSA) is 80.3 Å². The van der Waals surface area contributed by atoms with E-state index in [0.29, 0.717) is 21.6 Å². The van der Waals surface area contributed by atoms with Crippen LogP contribution in [0.4, 0.5) is 10.8 Å². The standard InChI is InChI=1S/C18H16ClN3O3S/c1-10(25-15-6-4-3-5-13(15)19)17(24)22-18-21-14-8-7-12(20-11(2)23)9-16(14)26-18/h3-10H,1-2H3,(H,20,23)(H,21,22,24)/t10-/m1/s1. The van der Waals surface area contributed by atoms with Crippen molar-refractivity contribution >= 4 is 55.8 Å². The maximum Gasteiger partial charge on any atom is 0.266 e. The SMILES string of the molecule is CC(=O)Nc1ccc2nc(NC(=O)[C@@H](C)Oc3ccccc3Cl)sc2c1. The molecule has 134 valence electrons. The zero-order valence-corrected chi connectivity index (χ0v) is 15.6. The van der Waals surface area contributed by atoms with Crippen LogP contribution < -0.4 is 15.4 Å². The summed E-state index contributed by atoms with van der Waals surface area (Å²) in [5, 5.41) is 6.36. The molecule has 0 fully saturated rings. The summed E-state index contributed by atoms with van der Waals surface area (Å²) in [5.41, 5.74) is 1.42. The molecule has 1 aromatic heterocycles. The summed E-state index contributed by atoms with van der Waals surface area (Å²) < 4.78 is 6.45. The number of aromatic nitrogens is 1. The first-order valence-electron chi connectivity index (χ1n) is 7.82. The number of carbonyl (C=O) groups is 2. The van der Waals surface area contributed by atoms with E-state index in [1.54, 1.807) is 43.3 Å². The van der Waals surface area contributed by atoms with Crippen molar-refractivity contribution < 1.29 is 14.3 Å². The number of nitrogens with one attached hydrogen (secondary N) is 2. The normalized spacial score (nSPS) is 11.8. The average molecular weight is 390 g/mol. The van der Waals surface area contributed by atoms with Gasteiger partial charge in [0.2, 0.25) is 5.91 Å². The number of benzene rings is 2. The number of halogens is 1. The average Bonchev–Trinajstić information content (AvgIpc) is 2.97. The van der Waals surface area contributed by atoms with Gasteiger partial charge in [0, 0.05) is 12.6 Å². The van der Waals surface area contributed by atoms with Gasteiger partial charge in [-0.2, -0.15) is 0 Å². The lowest BCUT2D eigenvalue weighted by molar-refractivity contribution is -0.122. The molecular formula is C18H16ClN3O3S. The van der Waals surface area contributed by atoms with Gasteiger partial charge < -0.3 is 10.1 Å². The number of nitrogens with zero attached hydrogens (tertiary/aromatic N) is 1. The van der Waals surface area contributed by atoms with Crippen LogP contribution in [0.3, 0.4) is 0 Å². The van der Waals surface area contributed by atoms with Crippen LogP contribution in [0.1, 0.15) is 13.8 Å². The van der Waals surface area contributed by atoms with Crippen molar-refractivity contribution in [2.75, 3.05) is 10.6 Å². The molecule has 26 heavy (non-hydrogen) atoms. The third kappa shape index (κ3) is 4.30. The van der Waals surface area contributed by atoms with Gasteiger partial charge >= 0.3 is 0 Å². The minimum atomic E-state index is -0.739. The quantitative estimate of drug-likeness (QED) is 0.681. The molecule has 0 aliphatic rings. The molecular weight excluding hydrogens is 374 g/mol. The third-order valence-corrected chi connectivity index (χ3v) is 4.69. The molecule has 6 nitrogen and oxygen atoms in total. The second kappa shape index (κ2) is 7.72. The number of anilines is 2. The minimum absolute atomic E-state index is 0.145. The van der Waals surface area contributed by atoms with Gasteiger partial charge in [0.15, 0.2) is 11.2 Å². The summed E-state index contributed by atoms with van der Waals surface area (Å²) in [5.74, 6) is -0.0277. The Kier molecular flexibility index (Phi) is 5.39. The number of fused-ring (bicyclic) bond motifs is 1. The molecule has 1 atom stereocenters. The molecule has 0 bridgehead atoms. The van der Waals surface area contributed by atoms with E-state index in [9.17, 15) is 9.59 Å². The molecule has 0 spiro atoms. The summed E-state index contributed by atoms with van der Waals surface area (Å²) in [6, 6.07) is 12.3. The maximum absolute atomic E-state index is 12.3. The largest absolute Gasteiger partial charge is 0.479 e. The Morgan fingerprint density at radius 2 is 1.96 bits per heavy atom. The Labute approximate surface area is 159 Å². The molecule has 8 heteroatoms. The van der Waals surface area contributed by atoms with Crippen LogP contribution in [0.2, 0.25) is 5.02 Å². The number of carbonyl (C=O) groups excluding carboxylic acids is 2. The Morgan fingerprint density at radius 3 is 2.69 bits per heavy atom. The molecule has 0 radical (unpaired) electrons. The van der Waals surface area contributed by atoms with Gasteiger partial charge in [0.05, 0.1) is 15.2 Å². The monoisotopic (exact) mass is 389 g/mol. The first-order chi connectivity index (χ1) is 12.4. The van der Waals surface area contributed by atoms with Crippen molar-refractivity contribution in [2.45, 2.75) is 20.0 Å². The van der Waals surface area contributed by atoms with Gasteiger partial charge in [-0.25, -0.2) is 4.98 Å². The van der Waals surface area contributed by atoms with Crippen LogP contribution in [0.5, 0.6) is 5.75 Å². The summed E-state index contributed by atoms with van der Waals surface area (Å²) >= 11 is 7.36. The minimum Gasteiger partial charge on any atom is -0.479 e. The highest BCUT2D eigenvalue weighted by atomic mass is 35.5. The maximum atomic E-state index is 12.3. The molecule has 0 saturated carbocycles. The number of ether oxygens (including phenoxy) is 1. The Bertz CT molecular complexity index is 973. The van der Waals surface area contributed by atoms with Gasteiger partial charge in [0.25, 0.3) is 5.91 Å². The molecule has 2 N–H and O–H groups in total. The molecule has 0 aliphatic heterocycles. The van der Waals surface area contributed by atoms with Crippen molar-refractivity contribution in [1.29, 1.82) is 0 Å². The van der Waals surface area contributed by atoms with E-state index in [4.69, 9.17) is 16.3 Å². The summed E-state index contributed by atoms with van der Waals surface area (Å²) in [6.07, 6.45) is -0.739. The molecule has 2 aromatic carbocycles. The molecule has 3 rings (SSSR count). The number of hydrogen-bond donors (Lipinski definition) is 2. The van der Waals surface area contributed by atoms with E-state index in [-0.39, 0.29) is 11.8 Å². The van der Waals surface area contributed by atoms with Crippen LogP contribution in [0.25, 0.3) is 10.2 Å². The predicted octanol–water partition coefficient (Wildman–Crippen LogP) is 4.31. The zero-order chi connectivity index (χ0) is 18.7. The fourth-order valence-electron chi connectivity index (χ4n) is 2.25. The van der Waals surface area contributed by atoms with Gasteiger partial charge in [-0.05, 0) is 37.3 Å². The predicted molar refractivity (Wildman–Crippen MR) is 104 cm³/mol. The smallest absolute Gasteiger partial charge is 0.266 e. The highest BCUT2D eigenvalue weighted by Crippen LogP contribution is 2.29. The van der Waals surface area contributed by atoms with Crippen LogP contribution in [0, 0.1) is 0 Å². The van der Waals surface area contributed by atoms with Crippen molar-refractivity contribution in [3.8, 4) is 5.75 Å². The van der Waals surface area contributed by atoms with Crippen molar-refractivity contribution in [3.63, 3.8) is 0 Å². The lowest BCUT2D eigenvalue weighted by atomic mass is 10.3. The summed E-state index contributed by atoms with van der Waals surface area (Å²) in [4.78, 5) is 27.9. The first kappa shape index (κ1) is 18.2. The number of thiazole rings is 1. The fourth-order valence-corrected chi connectivity index (χ4v) is 3.34. The van der Waals surface area contributed by atoms with Crippen molar-refractivity contribution in [3.05, 3.63) is 47.5 Å². The van der Waals surface area contributed by atoms with Gasteiger partial charge in [-0.15, -0.1) is 0 Å². The number of hydrogen-bond acceptors (Lipinski definition) is 5. The Morgan fingerprint density at radius 1 is 1.19 bits per heavy atom.